The summed E-state index contributed by atoms with van der Waals surface area (Å²) in [6.45, 7) is 14.7. The molecule has 114 valence electrons. The molecule has 1 heterocycles. The molecule has 1 saturated heterocycles. The molecule has 1 aliphatic rings. The van der Waals surface area contributed by atoms with Gasteiger partial charge >= 0.3 is 0 Å². The second-order valence-electron chi connectivity index (χ2n) is 6.68. The number of methoxy groups -OCH3 is 1. The van der Waals surface area contributed by atoms with E-state index in [1.807, 2.05) is 7.11 Å². The number of nitrogens with zero attached hydrogens (tertiary/aromatic N) is 1. The Morgan fingerprint density at radius 1 is 1.37 bits per heavy atom. The fraction of sp³-hybridized carbons (Fsp3) is 1.00. The van der Waals surface area contributed by atoms with Crippen LogP contribution in [0, 0.1) is 5.92 Å². The summed E-state index contributed by atoms with van der Waals surface area (Å²) >= 11 is 0. The highest BCUT2D eigenvalue weighted by Crippen LogP contribution is 2.26. The molecule has 1 rings (SSSR count). The Hall–Kier alpha value is -0.120. The molecular formula is C16H34N2O. The molecule has 0 aromatic heterocycles. The molecular weight excluding hydrogens is 236 g/mol. The highest BCUT2D eigenvalue weighted by atomic mass is 16.5. The predicted molar refractivity (Wildman–Crippen MR) is 82.6 cm³/mol. The largest absolute Gasteiger partial charge is 0.383 e. The van der Waals surface area contributed by atoms with Crippen molar-refractivity contribution in [3.05, 3.63) is 0 Å². The number of hydrogen-bond donors (Lipinski definition) is 1. The lowest BCUT2D eigenvalue weighted by atomic mass is 9.88. The van der Waals surface area contributed by atoms with Crippen molar-refractivity contribution >= 4 is 0 Å². The summed E-state index contributed by atoms with van der Waals surface area (Å²) in [7, 11) is 1.83. The highest BCUT2D eigenvalue weighted by Gasteiger charge is 2.38. The van der Waals surface area contributed by atoms with E-state index >= 15 is 0 Å². The summed E-state index contributed by atoms with van der Waals surface area (Å²) in [5.74, 6) is 0.685. The van der Waals surface area contributed by atoms with E-state index in [0.29, 0.717) is 18.0 Å². The van der Waals surface area contributed by atoms with Crippen LogP contribution in [0.4, 0.5) is 0 Å². The Labute approximate surface area is 120 Å². The Kier molecular flexibility index (Phi) is 6.78. The molecule has 0 aliphatic carbocycles. The third-order valence-electron chi connectivity index (χ3n) is 4.70. The van der Waals surface area contributed by atoms with Crippen LogP contribution in [0.1, 0.15) is 53.9 Å². The van der Waals surface area contributed by atoms with E-state index < -0.39 is 0 Å². The number of ether oxygens (including phenoxy) is 1. The van der Waals surface area contributed by atoms with Crippen molar-refractivity contribution in [2.45, 2.75) is 71.5 Å². The van der Waals surface area contributed by atoms with Gasteiger partial charge in [-0.1, -0.05) is 34.1 Å². The maximum atomic E-state index is 5.48. The van der Waals surface area contributed by atoms with Crippen LogP contribution in [0.3, 0.4) is 0 Å². The van der Waals surface area contributed by atoms with Gasteiger partial charge in [0.05, 0.1) is 6.61 Å². The summed E-state index contributed by atoms with van der Waals surface area (Å²) < 4.78 is 5.48. The third kappa shape index (κ3) is 4.44. The molecule has 3 heteroatoms. The first kappa shape index (κ1) is 16.9. The lowest BCUT2D eigenvalue weighted by Crippen LogP contribution is -2.66. The van der Waals surface area contributed by atoms with Gasteiger partial charge in [0.25, 0.3) is 0 Å². The molecule has 0 saturated carbocycles. The zero-order valence-electron chi connectivity index (χ0n) is 13.8. The normalized spacial score (nSPS) is 30.8. The van der Waals surface area contributed by atoms with Crippen molar-refractivity contribution in [2.24, 2.45) is 5.92 Å². The van der Waals surface area contributed by atoms with Crippen LogP contribution < -0.4 is 5.32 Å². The van der Waals surface area contributed by atoms with E-state index in [2.05, 4.69) is 44.8 Å². The minimum absolute atomic E-state index is 0.255. The molecule has 0 spiro atoms. The van der Waals surface area contributed by atoms with Gasteiger partial charge in [-0.3, -0.25) is 4.90 Å². The Balaban J connectivity index is 2.85. The van der Waals surface area contributed by atoms with E-state index in [1.165, 1.54) is 19.3 Å². The summed E-state index contributed by atoms with van der Waals surface area (Å²) in [6, 6.07) is 1.20. The zero-order valence-corrected chi connectivity index (χ0v) is 13.8. The molecule has 0 radical (unpaired) electrons. The first-order valence-corrected chi connectivity index (χ1v) is 7.97. The van der Waals surface area contributed by atoms with E-state index in [0.717, 1.165) is 19.7 Å². The van der Waals surface area contributed by atoms with Crippen molar-refractivity contribution in [1.29, 1.82) is 0 Å². The van der Waals surface area contributed by atoms with Crippen molar-refractivity contribution in [3.8, 4) is 0 Å². The van der Waals surface area contributed by atoms with Gasteiger partial charge in [0.15, 0.2) is 0 Å². The van der Waals surface area contributed by atoms with Crippen molar-refractivity contribution in [1.82, 2.24) is 10.2 Å². The van der Waals surface area contributed by atoms with E-state index in [-0.39, 0.29) is 5.54 Å². The topological polar surface area (TPSA) is 24.5 Å². The standard InChI is InChI=1S/C16H34N2O/c1-7-9-14(11-19-6)18-12-16(5,8-2)17-10-15(18)13(3)4/h13-15,17H,7-12H2,1-6H3. The first-order chi connectivity index (χ1) is 8.97. The molecule has 0 bridgehead atoms. The average Bonchev–Trinajstić information content (AvgIpc) is 2.38. The molecule has 0 amide bonds. The SMILES string of the molecule is CCCC(COC)N1CC(C)(CC)NCC1C(C)C. The molecule has 0 aromatic carbocycles. The monoisotopic (exact) mass is 270 g/mol. The van der Waals surface area contributed by atoms with Crippen molar-refractivity contribution in [3.63, 3.8) is 0 Å². The van der Waals surface area contributed by atoms with Gasteiger partial charge in [-0.25, -0.2) is 0 Å². The fourth-order valence-corrected chi connectivity index (χ4v) is 3.17. The molecule has 1 aliphatic heterocycles. The number of hydrogen-bond acceptors (Lipinski definition) is 3. The number of piperazine rings is 1. The molecule has 1 fully saturated rings. The smallest absolute Gasteiger partial charge is 0.0618 e. The Morgan fingerprint density at radius 2 is 2.05 bits per heavy atom. The van der Waals surface area contributed by atoms with Crippen LogP contribution in [0.5, 0.6) is 0 Å². The lowest BCUT2D eigenvalue weighted by molar-refractivity contribution is -0.00794. The van der Waals surface area contributed by atoms with Gasteiger partial charge < -0.3 is 10.1 Å². The first-order valence-electron chi connectivity index (χ1n) is 7.97. The van der Waals surface area contributed by atoms with E-state index in [9.17, 15) is 0 Å². The van der Waals surface area contributed by atoms with Gasteiger partial charge in [-0.05, 0) is 25.7 Å². The van der Waals surface area contributed by atoms with E-state index in [4.69, 9.17) is 4.74 Å². The second-order valence-corrected chi connectivity index (χ2v) is 6.68. The van der Waals surface area contributed by atoms with Crippen molar-refractivity contribution < 1.29 is 4.74 Å². The van der Waals surface area contributed by atoms with Crippen LogP contribution in [0.15, 0.2) is 0 Å². The average molecular weight is 270 g/mol. The van der Waals surface area contributed by atoms with Gasteiger partial charge in [0.2, 0.25) is 0 Å². The van der Waals surface area contributed by atoms with Crippen LogP contribution >= 0.6 is 0 Å². The summed E-state index contributed by atoms with van der Waals surface area (Å²) in [6.07, 6.45) is 3.64. The zero-order chi connectivity index (χ0) is 14.5. The minimum atomic E-state index is 0.255. The maximum absolute atomic E-state index is 5.48. The molecule has 3 atom stereocenters. The maximum Gasteiger partial charge on any atom is 0.0618 e. The quantitative estimate of drug-likeness (QED) is 0.770. The predicted octanol–water partition coefficient (Wildman–Crippen LogP) is 2.90. The molecule has 0 aromatic rings. The van der Waals surface area contributed by atoms with Crippen LogP contribution in [-0.2, 0) is 4.74 Å². The van der Waals surface area contributed by atoms with Crippen LogP contribution in [0.25, 0.3) is 0 Å². The van der Waals surface area contributed by atoms with Gasteiger partial charge in [-0.15, -0.1) is 0 Å². The Morgan fingerprint density at radius 3 is 2.53 bits per heavy atom. The highest BCUT2D eigenvalue weighted by molar-refractivity contribution is 4.97. The molecule has 3 nitrogen and oxygen atoms in total. The third-order valence-corrected chi connectivity index (χ3v) is 4.70. The number of rotatable bonds is 7. The number of nitrogens with one attached hydrogen (secondary N) is 1. The van der Waals surface area contributed by atoms with Crippen molar-refractivity contribution in [2.75, 3.05) is 26.8 Å². The molecule has 1 N–H and O–H groups in total. The van der Waals surface area contributed by atoms with Crippen LogP contribution in [-0.4, -0.2) is 49.3 Å². The van der Waals surface area contributed by atoms with Crippen LogP contribution in [0.2, 0.25) is 0 Å². The Bertz CT molecular complexity index is 251. The lowest BCUT2D eigenvalue weighted by Gasteiger charge is -2.50. The molecule has 19 heavy (non-hydrogen) atoms. The molecule has 3 unspecified atom stereocenters. The summed E-state index contributed by atoms with van der Waals surface area (Å²) in [5, 5.41) is 3.76. The summed E-state index contributed by atoms with van der Waals surface area (Å²) in [5.41, 5.74) is 0.255. The second kappa shape index (κ2) is 7.61. The summed E-state index contributed by atoms with van der Waals surface area (Å²) in [4.78, 5) is 2.72. The van der Waals surface area contributed by atoms with Gasteiger partial charge in [0, 0.05) is 37.8 Å². The van der Waals surface area contributed by atoms with Gasteiger partial charge in [0.1, 0.15) is 0 Å². The van der Waals surface area contributed by atoms with Gasteiger partial charge in [-0.2, -0.15) is 0 Å². The van der Waals surface area contributed by atoms with E-state index in [1.54, 1.807) is 0 Å². The minimum Gasteiger partial charge on any atom is -0.383 e. The fourth-order valence-electron chi connectivity index (χ4n) is 3.17.